The van der Waals surface area contributed by atoms with Gasteiger partial charge in [0.05, 0.1) is 30.4 Å². The first-order chi connectivity index (χ1) is 9.76. The molecule has 0 heterocycles. The van der Waals surface area contributed by atoms with Gasteiger partial charge in [0.25, 0.3) is 0 Å². The molecule has 0 atom stereocenters. The van der Waals surface area contributed by atoms with Crippen molar-refractivity contribution < 1.29 is 19.0 Å². The maximum Gasteiger partial charge on any atom is 0.420 e. The Morgan fingerprint density at radius 3 is 2.33 bits per heavy atom. The number of nitrogens with zero attached hydrogens (tertiary/aromatic N) is 1. The van der Waals surface area contributed by atoms with Crippen LogP contribution in [0.25, 0.3) is 0 Å². The first-order valence-electron chi connectivity index (χ1n) is 6.64. The predicted octanol–water partition coefficient (Wildman–Crippen LogP) is 3.79. The average molecular weight is 360 g/mol. The Labute approximate surface area is 134 Å². The molecule has 6 heteroatoms. The summed E-state index contributed by atoms with van der Waals surface area (Å²) in [6.07, 6.45) is 0.271. The summed E-state index contributed by atoms with van der Waals surface area (Å²) in [5.41, 5.74) is 0.535. The Balaban J connectivity index is 2.61. The molecule has 1 rings (SSSR count). The van der Waals surface area contributed by atoms with Crippen molar-refractivity contribution in [3.8, 4) is 11.5 Å². The van der Waals surface area contributed by atoms with Crippen LogP contribution in [0.15, 0.2) is 18.2 Å². The Bertz CT molecular complexity index is 485. The molecule has 0 fully saturated rings. The number of hydrogen-bond acceptors (Lipinski definition) is 4. The first-order valence-corrected chi connectivity index (χ1v) is 7.35. The SMILES string of the molecule is COc1ccc(CCN(Br)C(=O)OC(C)(C)C)cc1OC. The van der Waals surface area contributed by atoms with Gasteiger partial charge in [-0.05, 0) is 44.9 Å². The monoisotopic (exact) mass is 359 g/mol. The second kappa shape index (κ2) is 7.54. The van der Waals surface area contributed by atoms with Crippen molar-refractivity contribution in [2.75, 3.05) is 20.8 Å². The highest BCUT2D eigenvalue weighted by Crippen LogP contribution is 2.27. The van der Waals surface area contributed by atoms with Crippen LogP contribution in [-0.4, -0.2) is 36.4 Å². The van der Waals surface area contributed by atoms with Crippen molar-refractivity contribution in [2.45, 2.75) is 32.8 Å². The van der Waals surface area contributed by atoms with Crippen molar-refractivity contribution in [3.63, 3.8) is 0 Å². The van der Waals surface area contributed by atoms with Crippen molar-refractivity contribution in [2.24, 2.45) is 0 Å². The second-order valence-corrected chi connectivity index (χ2v) is 6.36. The summed E-state index contributed by atoms with van der Waals surface area (Å²) in [7, 11) is 3.19. The predicted molar refractivity (Wildman–Crippen MR) is 85.1 cm³/mol. The van der Waals surface area contributed by atoms with Gasteiger partial charge in [-0.15, -0.1) is 0 Å². The zero-order chi connectivity index (χ0) is 16.0. The van der Waals surface area contributed by atoms with Crippen LogP contribution < -0.4 is 9.47 Å². The molecule has 0 aliphatic heterocycles. The molecule has 1 aromatic rings. The molecule has 0 saturated heterocycles. The molecule has 0 radical (unpaired) electrons. The number of halogens is 1. The summed E-state index contributed by atoms with van der Waals surface area (Å²) >= 11 is 3.22. The molecule has 0 aromatic heterocycles. The van der Waals surface area contributed by atoms with Gasteiger partial charge < -0.3 is 14.2 Å². The molecule has 118 valence electrons. The zero-order valence-corrected chi connectivity index (χ0v) is 14.7. The van der Waals surface area contributed by atoms with Gasteiger partial charge >= 0.3 is 6.09 Å². The number of carbonyl (C=O) groups excluding carboxylic acids is 1. The normalized spacial score (nSPS) is 11.0. The number of hydrogen-bond donors (Lipinski definition) is 0. The summed E-state index contributed by atoms with van der Waals surface area (Å²) in [6.45, 7) is 5.99. The lowest BCUT2D eigenvalue weighted by molar-refractivity contribution is 0.0416. The van der Waals surface area contributed by atoms with Gasteiger partial charge in [-0.2, -0.15) is 0 Å². The standard InChI is InChI=1S/C15H22BrNO4/c1-15(2,3)21-14(18)17(16)9-8-11-6-7-12(19-4)13(10-11)20-5/h6-7,10H,8-9H2,1-5H3. The third-order valence-electron chi connectivity index (χ3n) is 2.64. The Kier molecular flexibility index (Phi) is 6.33. The van der Waals surface area contributed by atoms with E-state index in [-0.39, 0.29) is 0 Å². The average Bonchev–Trinajstić information content (AvgIpc) is 2.42. The molecule has 0 aliphatic rings. The van der Waals surface area contributed by atoms with E-state index in [1.165, 1.54) is 3.93 Å². The Hall–Kier alpha value is -1.43. The third kappa shape index (κ3) is 5.83. The van der Waals surface area contributed by atoms with E-state index in [2.05, 4.69) is 16.1 Å². The summed E-state index contributed by atoms with van der Waals surface area (Å²) in [4.78, 5) is 11.8. The molecule has 0 saturated carbocycles. The molecule has 1 amide bonds. The lowest BCUT2D eigenvalue weighted by atomic mass is 10.1. The van der Waals surface area contributed by atoms with E-state index in [4.69, 9.17) is 14.2 Å². The number of amides is 1. The Morgan fingerprint density at radius 2 is 1.81 bits per heavy atom. The molecule has 0 aliphatic carbocycles. The van der Waals surface area contributed by atoms with E-state index in [9.17, 15) is 4.79 Å². The van der Waals surface area contributed by atoms with Crippen LogP contribution in [0.1, 0.15) is 26.3 Å². The lowest BCUT2D eigenvalue weighted by Gasteiger charge is -2.23. The molecule has 0 unspecified atom stereocenters. The molecule has 21 heavy (non-hydrogen) atoms. The number of benzene rings is 1. The molecule has 5 nitrogen and oxygen atoms in total. The van der Waals surface area contributed by atoms with Gasteiger partial charge in [0, 0.05) is 6.54 Å². The van der Waals surface area contributed by atoms with Gasteiger partial charge in [0.2, 0.25) is 0 Å². The minimum Gasteiger partial charge on any atom is -0.493 e. The van der Waals surface area contributed by atoms with Crippen LogP contribution in [0.3, 0.4) is 0 Å². The minimum atomic E-state index is -0.508. The van der Waals surface area contributed by atoms with Crippen LogP contribution >= 0.6 is 16.1 Å². The zero-order valence-electron chi connectivity index (χ0n) is 13.1. The highest BCUT2D eigenvalue weighted by Gasteiger charge is 2.20. The van der Waals surface area contributed by atoms with Crippen molar-refractivity contribution >= 4 is 22.2 Å². The van der Waals surface area contributed by atoms with Crippen LogP contribution in [0.4, 0.5) is 4.79 Å². The molecule has 0 bridgehead atoms. The van der Waals surface area contributed by atoms with Gasteiger partial charge in [0.1, 0.15) is 5.60 Å². The van der Waals surface area contributed by atoms with E-state index >= 15 is 0 Å². The minimum absolute atomic E-state index is 0.400. The van der Waals surface area contributed by atoms with Gasteiger partial charge in [-0.1, -0.05) is 6.07 Å². The fourth-order valence-corrected chi connectivity index (χ4v) is 1.92. The van der Waals surface area contributed by atoms with Gasteiger partial charge in [-0.25, -0.2) is 8.72 Å². The first kappa shape index (κ1) is 17.6. The lowest BCUT2D eigenvalue weighted by Crippen LogP contribution is -2.32. The molecular formula is C15H22BrNO4. The quantitative estimate of drug-likeness (QED) is 0.750. The van der Waals surface area contributed by atoms with E-state index < -0.39 is 11.7 Å². The van der Waals surface area contributed by atoms with Crippen LogP contribution in [-0.2, 0) is 11.2 Å². The largest absolute Gasteiger partial charge is 0.493 e. The van der Waals surface area contributed by atoms with E-state index in [0.717, 1.165) is 5.56 Å². The van der Waals surface area contributed by atoms with Crippen molar-refractivity contribution in [3.05, 3.63) is 23.8 Å². The van der Waals surface area contributed by atoms with Crippen LogP contribution in [0.5, 0.6) is 11.5 Å². The number of carbonyl (C=O) groups is 1. The molecule has 0 N–H and O–H groups in total. The molecule has 1 aromatic carbocycles. The number of ether oxygens (including phenoxy) is 3. The highest BCUT2D eigenvalue weighted by atomic mass is 79.9. The van der Waals surface area contributed by atoms with Crippen molar-refractivity contribution in [1.29, 1.82) is 0 Å². The number of methoxy groups -OCH3 is 2. The summed E-state index contributed by atoms with van der Waals surface area (Å²) in [5, 5.41) is 0. The maximum atomic E-state index is 11.8. The van der Waals surface area contributed by atoms with Gasteiger partial charge in [0.15, 0.2) is 11.5 Å². The summed E-state index contributed by atoms with van der Waals surface area (Å²) < 4.78 is 17.1. The summed E-state index contributed by atoms with van der Waals surface area (Å²) in [6, 6.07) is 5.69. The van der Waals surface area contributed by atoms with Crippen molar-refractivity contribution in [1.82, 2.24) is 3.93 Å². The second-order valence-electron chi connectivity index (χ2n) is 5.51. The maximum absolute atomic E-state index is 11.8. The fraction of sp³-hybridized carbons (Fsp3) is 0.533. The van der Waals surface area contributed by atoms with E-state index in [0.29, 0.717) is 24.5 Å². The summed E-state index contributed by atoms with van der Waals surface area (Å²) in [5.74, 6) is 1.36. The number of rotatable bonds is 5. The van der Waals surface area contributed by atoms with E-state index in [1.807, 2.05) is 39.0 Å². The topological polar surface area (TPSA) is 48.0 Å². The highest BCUT2D eigenvalue weighted by molar-refractivity contribution is 9.07. The van der Waals surface area contributed by atoms with Crippen LogP contribution in [0, 0.1) is 0 Å². The van der Waals surface area contributed by atoms with Crippen LogP contribution in [0.2, 0.25) is 0 Å². The fourth-order valence-electron chi connectivity index (χ4n) is 1.67. The van der Waals surface area contributed by atoms with E-state index in [1.54, 1.807) is 14.2 Å². The third-order valence-corrected chi connectivity index (χ3v) is 3.28. The molecular weight excluding hydrogens is 338 g/mol. The molecule has 0 spiro atoms. The van der Waals surface area contributed by atoms with Gasteiger partial charge in [-0.3, -0.25) is 0 Å². The Morgan fingerprint density at radius 1 is 1.19 bits per heavy atom. The smallest absolute Gasteiger partial charge is 0.420 e.